The summed E-state index contributed by atoms with van der Waals surface area (Å²) in [6.07, 6.45) is 15.5. The summed E-state index contributed by atoms with van der Waals surface area (Å²) in [5.74, 6) is 0. The number of hydrogen-bond acceptors (Lipinski definition) is 2. The molecule has 0 bridgehead atoms. The molecule has 0 fully saturated rings. The van der Waals surface area contributed by atoms with Crippen molar-refractivity contribution < 1.29 is 9.47 Å². The maximum absolute atomic E-state index is 5.26. The Balaban J connectivity index is 2.91. The number of allylic oxidation sites excluding steroid dienone is 1. The van der Waals surface area contributed by atoms with Crippen LogP contribution in [-0.4, -0.2) is 13.2 Å². The van der Waals surface area contributed by atoms with Gasteiger partial charge in [-0.3, -0.25) is 0 Å². The quantitative estimate of drug-likeness (QED) is 0.339. The molecule has 17 heavy (non-hydrogen) atoms. The summed E-state index contributed by atoms with van der Waals surface area (Å²) in [6.45, 7) is 7.18. The highest BCUT2D eigenvalue weighted by atomic mass is 16.5. The van der Waals surface area contributed by atoms with E-state index in [9.17, 15) is 0 Å². The molecule has 0 amide bonds. The zero-order chi connectivity index (χ0) is 12.6. The summed E-state index contributed by atoms with van der Waals surface area (Å²) in [6, 6.07) is 0. The maximum Gasteiger partial charge on any atom is 0.0873 e. The molecular formula is C15H28O2. The van der Waals surface area contributed by atoms with E-state index < -0.39 is 0 Å². The van der Waals surface area contributed by atoms with Crippen LogP contribution in [0.4, 0.5) is 0 Å². The van der Waals surface area contributed by atoms with Gasteiger partial charge in [0.2, 0.25) is 0 Å². The monoisotopic (exact) mass is 240 g/mol. The fraction of sp³-hybridized carbons (Fsp3) is 0.733. The van der Waals surface area contributed by atoms with Crippen molar-refractivity contribution >= 4 is 0 Å². The highest BCUT2D eigenvalue weighted by Crippen LogP contribution is 2.08. The van der Waals surface area contributed by atoms with Crippen LogP contribution in [0.2, 0.25) is 0 Å². The van der Waals surface area contributed by atoms with Gasteiger partial charge >= 0.3 is 0 Å². The lowest BCUT2D eigenvalue weighted by molar-refractivity contribution is 0.238. The molecule has 0 heterocycles. The van der Waals surface area contributed by atoms with E-state index >= 15 is 0 Å². The lowest BCUT2D eigenvalue weighted by Gasteiger charge is -2.03. The number of ether oxygens (including phenoxy) is 2. The Kier molecular flexibility index (Phi) is 14.3. The first kappa shape index (κ1) is 16.1. The third kappa shape index (κ3) is 15.1. The molecule has 0 saturated carbocycles. The van der Waals surface area contributed by atoms with Crippen LogP contribution in [-0.2, 0) is 9.47 Å². The van der Waals surface area contributed by atoms with Crippen LogP contribution in [0.1, 0.15) is 58.3 Å². The Morgan fingerprint density at radius 1 is 0.765 bits per heavy atom. The Morgan fingerprint density at radius 2 is 1.24 bits per heavy atom. The molecule has 0 atom stereocenters. The van der Waals surface area contributed by atoms with Crippen molar-refractivity contribution in [2.24, 2.45) is 0 Å². The van der Waals surface area contributed by atoms with E-state index in [1.807, 2.05) is 13.0 Å². The molecule has 0 rings (SSSR count). The lowest BCUT2D eigenvalue weighted by atomic mass is 10.1. The molecule has 0 aromatic rings. The number of rotatable bonds is 13. The lowest BCUT2D eigenvalue weighted by Crippen LogP contribution is -1.89. The van der Waals surface area contributed by atoms with Gasteiger partial charge in [0, 0.05) is 0 Å². The van der Waals surface area contributed by atoms with E-state index in [4.69, 9.17) is 9.47 Å². The Hall–Kier alpha value is -0.920. The van der Waals surface area contributed by atoms with E-state index in [0.717, 1.165) is 19.6 Å². The second-order valence-electron chi connectivity index (χ2n) is 4.21. The van der Waals surface area contributed by atoms with Gasteiger partial charge in [0.05, 0.1) is 25.7 Å². The molecule has 0 aromatic carbocycles. The average molecular weight is 240 g/mol. The van der Waals surface area contributed by atoms with Crippen LogP contribution in [0, 0.1) is 0 Å². The minimum absolute atomic E-state index is 0.825. The maximum atomic E-state index is 5.26. The molecule has 0 saturated heterocycles. The Morgan fingerprint density at radius 3 is 1.71 bits per heavy atom. The highest BCUT2D eigenvalue weighted by molar-refractivity contribution is 4.64. The van der Waals surface area contributed by atoms with Crippen LogP contribution in [0.25, 0.3) is 0 Å². The van der Waals surface area contributed by atoms with Crippen molar-refractivity contribution in [1.29, 1.82) is 0 Å². The molecule has 2 heteroatoms. The number of unbranched alkanes of at least 4 members (excludes halogenated alkanes) is 7. The highest BCUT2D eigenvalue weighted by Gasteiger charge is 1.92. The summed E-state index contributed by atoms with van der Waals surface area (Å²) in [5.41, 5.74) is 0. The van der Waals surface area contributed by atoms with Gasteiger partial charge in [0.15, 0.2) is 0 Å². The number of hydrogen-bond donors (Lipinski definition) is 0. The van der Waals surface area contributed by atoms with Crippen molar-refractivity contribution in [1.82, 2.24) is 0 Å². The molecule has 0 radical (unpaired) electrons. The van der Waals surface area contributed by atoms with E-state index in [0.29, 0.717) is 0 Å². The summed E-state index contributed by atoms with van der Waals surface area (Å²) in [4.78, 5) is 0. The SMILES string of the molecule is C=COCCCCCCCCCCOC=CC. The summed E-state index contributed by atoms with van der Waals surface area (Å²) < 4.78 is 10.3. The van der Waals surface area contributed by atoms with Crippen LogP contribution in [0.3, 0.4) is 0 Å². The normalized spacial score (nSPS) is 10.6. The van der Waals surface area contributed by atoms with Crippen molar-refractivity contribution in [3.8, 4) is 0 Å². The van der Waals surface area contributed by atoms with Gasteiger partial charge in [-0.25, -0.2) is 0 Å². The average Bonchev–Trinajstić information content (AvgIpc) is 2.35. The molecule has 2 nitrogen and oxygen atoms in total. The van der Waals surface area contributed by atoms with Gasteiger partial charge in [-0.2, -0.15) is 0 Å². The van der Waals surface area contributed by atoms with Crippen LogP contribution < -0.4 is 0 Å². The fourth-order valence-corrected chi connectivity index (χ4v) is 1.68. The van der Waals surface area contributed by atoms with Gasteiger partial charge < -0.3 is 9.47 Å². The predicted molar refractivity (Wildman–Crippen MR) is 73.9 cm³/mol. The van der Waals surface area contributed by atoms with Gasteiger partial charge in [0.25, 0.3) is 0 Å². The molecule has 0 aromatic heterocycles. The minimum Gasteiger partial charge on any atom is -0.502 e. The first-order chi connectivity index (χ1) is 8.41. The summed E-state index contributed by atoms with van der Waals surface area (Å²) >= 11 is 0. The molecule has 0 unspecified atom stereocenters. The standard InChI is InChI=1S/C15H28O2/c1-3-13-17-15-12-10-8-6-5-7-9-11-14-16-4-2/h3-4,13H,2,5-12,14-15H2,1H3. The van der Waals surface area contributed by atoms with Crippen LogP contribution in [0.15, 0.2) is 25.2 Å². The van der Waals surface area contributed by atoms with Gasteiger partial charge in [-0.15, -0.1) is 0 Å². The molecule has 0 N–H and O–H groups in total. The van der Waals surface area contributed by atoms with Gasteiger partial charge in [-0.1, -0.05) is 51.2 Å². The van der Waals surface area contributed by atoms with E-state index in [2.05, 4.69) is 6.58 Å². The van der Waals surface area contributed by atoms with Gasteiger partial charge in [-0.05, 0) is 19.8 Å². The molecule has 0 aliphatic rings. The second kappa shape index (κ2) is 15.1. The van der Waals surface area contributed by atoms with E-state index in [1.165, 1.54) is 51.2 Å². The topological polar surface area (TPSA) is 18.5 Å². The second-order valence-corrected chi connectivity index (χ2v) is 4.21. The van der Waals surface area contributed by atoms with Crippen molar-refractivity contribution in [2.75, 3.05) is 13.2 Å². The molecular weight excluding hydrogens is 212 g/mol. The summed E-state index contributed by atoms with van der Waals surface area (Å²) in [5, 5.41) is 0. The first-order valence-electron chi connectivity index (χ1n) is 6.87. The zero-order valence-corrected chi connectivity index (χ0v) is 11.3. The molecule has 0 spiro atoms. The summed E-state index contributed by atoms with van der Waals surface area (Å²) in [7, 11) is 0. The zero-order valence-electron chi connectivity index (χ0n) is 11.3. The molecule has 0 aliphatic carbocycles. The third-order valence-corrected chi connectivity index (χ3v) is 2.62. The predicted octanol–water partition coefficient (Wildman–Crippen LogP) is 4.82. The smallest absolute Gasteiger partial charge is 0.0873 e. The first-order valence-corrected chi connectivity index (χ1v) is 6.87. The van der Waals surface area contributed by atoms with E-state index in [-0.39, 0.29) is 0 Å². The van der Waals surface area contributed by atoms with Crippen molar-refractivity contribution in [3.63, 3.8) is 0 Å². The Labute approximate surface area is 107 Å². The fourth-order valence-electron chi connectivity index (χ4n) is 1.68. The van der Waals surface area contributed by atoms with Crippen molar-refractivity contribution in [2.45, 2.75) is 58.3 Å². The van der Waals surface area contributed by atoms with Crippen molar-refractivity contribution in [3.05, 3.63) is 25.2 Å². The van der Waals surface area contributed by atoms with Crippen LogP contribution in [0.5, 0.6) is 0 Å². The largest absolute Gasteiger partial charge is 0.502 e. The van der Waals surface area contributed by atoms with Gasteiger partial charge in [0.1, 0.15) is 0 Å². The Bertz CT molecular complexity index is 176. The van der Waals surface area contributed by atoms with Crippen LogP contribution >= 0.6 is 0 Å². The minimum atomic E-state index is 0.825. The molecule has 0 aliphatic heterocycles. The van der Waals surface area contributed by atoms with E-state index in [1.54, 1.807) is 6.26 Å². The third-order valence-electron chi connectivity index (χ3n) is 2.62. The molecule has 100 valence electrons.